The molecule has 4 rings (SSSR count). The second-order valence-electron chi connectivity index (χ2n) is 6.85. The summed E-state index contributed by atoms with van der Waals surface area (Å²) in [5.74, 6) is 2.23. The zero-order valence-corrected chi connectivity index (χ0v) is 16.4. The van der Waals surface area contributed by atoms with Gasteiger partial charge in [0.2, 0.25) is 0 Å². The number of methoxy groups -OCH3 is 1. The standard InChI is InChI=1S/C22H24FN5O/c1-29-20-9-5-4-8-19(20)27-10-12-28(13-11-27)22-14-21(25-16-26-22)24-15-17-6-2-3-7-18(17)23/h2-9,14,16H,10-13,15H2,1H3,(H,24,25,26). The van der Waals surface area contributed by atoms with Crippen molar-refractivity contribution >= 4 is 17.3 Å². The quantitative estimate of drug-likeness (QED) is 0.691. The molecule has 0 amide bonds. The fourth-order valence-corrected chi connectivity index (χ4v) is 3.51. The molecule has 1 aliphatic heterocycles. The summed E-state index contributed by atoms with van der Waals surface area (Å²) < 4.78 is 19.3. The van der Waals surface area contributed by atoms with E-state index in [0.29, 0.717) is 17.9 Å². The van der Waals surface area contributed by atoms with E-state index in [9.17, 15) is 4.39 Å². The molecule has 0 bridgehead atoms. The van der Waals surface area contributed by atoms with E-state index in [1.165, 1.54) is 6.07 Å². The van der Waals surface area contributed by atoms with Crippen LogP contribution in [0.15, 0.2) is 60.9 Å². The lowest BCUT2D eigenvalue weighted by Crippen LogP contribution is -2.47. The molecule has 1 aliphatic rings. The molecule has 1 N–H and O–H groups in total. The predicted molar refractivity (Wildman–Crippen MR) is 113 cm³/mol. The van der Waals surface area contributed by atoms with Gasteiger partial charge in [0, 0.05) is 44.4 Å². The summed E-state index contributed by atoms with van der Waals surface area (Å²) in [6.45, 7) is 3.83. The van der Waals surface area contributed by atoms with Crippen molar-refractivity contribution in [3.8, 4) is 5.75 Å². The number of halogens is 1. The number of aromatic nitrogens is 2. The smallest absolute Gasteiger partial charge is 0.142 e. The molecule has 1 fully saturated rings. The number of nitrogens with zero attached hydrogens (tertiary/aromatic N) is 4. The molecular formula is C22H24FN5O. The van der Waals surface area contributed by atoms with Crippen molar-refractivity contribution in [2.75, 3.05) is 48.4 Å². The van der Waals surface area contributed by atoms with Crippen molar-refractivity contribution in [2.24, 2.45) is 0 Å². The summed E-state index contributed by atoms with van der Waals surface area (Å²) >= 11 is 0. The molecule has 1 saturated heterocycles. The lowest BCUT2D eigenvalue weighted by molar-refractivity contribution is 0.413. The van der Waals surface area contributed by atoms with Crippen LogP contribution in [0.25, 0.3) is 0 Å². The summed E-state index contributed by atoms with van der Waals surface area (Å²) in [5.41, 5.74) is 1.72. The highest BCUT2D eigenvalue weighted by Gasteiger charge is 2.20. The molecule has 7 heteroatoms. The Morgan fingerprint density at radius 2 is 1.69 bits per heavy atom. The zero-order chi connectivity index (χ0) is 20.1. The monoisotopic (exact) mass is 393 g/mol. The van der Waals surface area contributed by atoms with E-state index in [0.717, 1.165) is 43.4 Å². The van der Waals surface area contributed by atoms with E-state index in [4.69, 9.17) is 4.74 Å². The third-order valence-corrected chi connectivity index (χ3v) is 5.10. The molecule has 0 spiro atoms. The van der Waals surface area contributed by atoms with Crippen LogP contribution in [0.5, 0.6) is 5.75 Å². The third-order valence-electron chi connectivity index (χ3n) is 5.10. The van der Waals surface area contributed by atoms with Crippen LogP contribution in [0.1, 0.15) is 5.56 Å². The van der Waals surface area contributed by atoms with Gasteiger partial charge in [-0.25, -0.2) is 14.4 Å². The highest BCUT2D eigenvalue weighted by molar-refractivity contribution is 5.60. The highest BCUT2D eigenvalue weighted by atomic mass is 19.1. The average molecular weight is 393 g/mol. The first-order chi connectivity index (χ1) is 14.2. The van der Waals surface area contributed by atoms with Crippen LogP contribution in [0.4, 0.5) is 21.7 Å². The van der Waals surface area contributed by atoms with E-state index < -0.39 is 0 Å². The number of hydrogen-bond acceptors (Lipinski definition) is 6. The van der Waals surface area contributed by atoms with E-state index in [-0.39, 0.29) is 5.82 Å². The number of benzene rings is 2. The van der Waals surface area contributed by atoms with Gasteiger partial charge in [-0.2, -0.15) is 0 Å². The Labute approximate surface area is 170 Å². The molecule has 0 aliphatic carbocycles. The maximum atomic E-state index is 13.8. The Morgan fingerprint density at radius 3 is 2.48 bits per heavy atom. The Hall–Kier alpha value is -3.35. The van der Waals surface area contributed by atoms with Crippen LogP contribution in [-0.2, 0) is 6.54 Å². The van der Waals surface area contributed by atoms with Gasteiger partial charge in [0.25, 0.3) is 0 Å². The van der Waals surface area contributed by atoms with E-state index in [1.54, 1.807) is 25.6 Å². The van der Waals surface area contributed by atoms with Gasteiger partial charge in [0.05, 0.1) is 12.8 Å². The first-order valence-electron chi connectivity index (χ1n) is 9.67. The summed E-state index contributed by atoms with van der Waals surface area (Å²) in [5, 5.41) is 3.19. The molecule has 1 aromatic heterocycles. The van der Waals surface area contributed by atoms with Gasteiger partial charge >= 0.3 is 0 Å². The van der Waals surface area contributed by atoms with Gasteiger partial charge in [-0.05, 0) is 18.2 Å². The summed E-state index contributed by atoms with van der Waals surface area (Å²) in [4.78, 5) is 13.3. The van der Waals surface area contributed by atoms with Crippen LogP contribution < -0.4 is 19.9 Å². The van der Waals surface area contributed by atoms with Crippen molar-refractivity contribution in [1.82, 2.24) is 9.97 Å². The second kappa shape index (κ2) is 8.77. The van der Waals surface area contributed by atoms with Gasteiger partial charge in [-0.3, -0.25) is 0 Å². The first-order valence-corrected chi connectivity index (χ1v) is 9.67. The average Bonchev–Trinajstić information content (AvgIpc) is 2.79. The van der Waals surface area contributed by atoms with Gasteiger partial charge in [-0.15, -0.1) is 0 Å². The molecule has 3 aromatic rings. The normalized spacial score (nSPS) is 14.0. The molecule has 2 heterocycles. The topological polar surface area (TPSA) is 53.5 Å². The Balaban J connectivity index is 1.39. The number of anilines is 3. The molecule has 6 nitrogen and oxygen atoms in total. The van der Waals surface area contributed by atoms with Crippen LogP contribution in [-0.4, -0.2) is 43.3 Å². The summed E-state index contributed by atoms with van der Waals surface area (Å²) in [7, 11) is 1.70. The van der Waals surface area contributed by atoms with Crippen LogP contribution in [0.2, 0.25) is 0 Å². The van der Waals surface area contributed by atoms with Crippen molar-refractivity contribution in [3.63, 3.8) is 0 Å². The second-order valence-corrected chi connectivity index (χ2v) is 6.85. The number of nitrogens with one attached hydrogen (secondary N) is 1. The molecule has 0 unspecified atom stereocenters. The molecule has 0 saturated carbocycles. The third kappa shape index (κ3) is 4.39. The SMILES string of the molecule is COc1ccccc1N1CCN(c2cc(NCc3ccccc3F)ncn2)CC1. The minimum Gasteiger partial charge on any atom is -0.495 e. The molecular weight excluding hydrogens is 369 g/mol. The van der Waals surface area contributed by atoms with E-state index in [2.05, 4.69) is 31.2 Å². The number of rotatable bonds is 6. The Kier molecular flexibility index (Phi) is 5.74. The number of ether oxygens (including phenoxy) is 1. The molecule has 150 valence electrons. The number of piperazine rings is 1. The van der Waals surface area contributed by atoms with Crippen molar-refractivity contribution < 1.29 is 9.13 Å². The van der Waals surface area contributed by atoms with Gasteiger partial charge in [0.15, 0.2) is 0 Å². The maximum absolute atomic E-state index is 13.8. The molecule has 29 heavy (non-hydrogen) atoms. The van der Waals surface area contributed by atoms with Crippen LogP contribution in [0, 0.1) is 5.82 Å². The molecule has 2 aromatic carbocycles. The summed E-state index contributed by atoms with van der Waals surface area (Å²) in [6, 6.07) is 16.7. The minimum absolute atomic E-state index is 0.221. The lowest BCUT2D eigenvalue weighted by Gasteiger charge is -2.37. The fraction of sp³-hybridized carbons (Fsp3) is 0.273. The predicted octanol–water partition coefficient (Wildman–Crippen LogP) is 3.56. The van der Waals surface area contributed by atoms with Gasteiger partial charge < -0.3 is 19.9 Å². The Morgan fingerprint density at radius 1 is 0.966 bits per heavy atom. The highest BCUT2D eigenvalue weighted by Crippen LogP contribution is 2.29. The number of hydrogen-bond donors (Lipinski definition) is 1. The summed E-state index contributed by atoms with van der Waals surface area (Å²) in [6.07, 6.45) is 1.55. The minimum atomic E-state index is -0.221. The number of para-hydroxylation sites is 2. The van der Waals surface area contributed by atoms with Crippen LogP contribution in [0.3, 0.4) is 0 Å². The van der Waals surface area contributed by atoms with E-state index >= 15 is 0 Å². The van der Waals surface area contributed by atoms with Crippen molar-refractivity contribution in [2.45, 2.75) is 6.54 Å². The van der Waals surface area contributed by atoms with Crippen LogP contribution >= 0.6 is 0 Å². The maximum Gasteiger partial charge on any atom is 0.142 e. The molecule has 0 atom stereocenters. The van der Waals surface area contributed by atoms with E-state index in [1.807, 2.05) is 30.3 Å². The fourth-order valence-electron chi connectivity index (χ4n) is 3.51. The molecule has 0 radical (unpaired) electrons. The van der Waals surface area contributed by atoms with Crippen molar-refractivity contribution in [1.29, 1.82) is 0 Å². The first kappa shape index (κ1) is 19.0. The lowest BCUT2D eigenvalue weighted by atomic mass is 10.2. The largest absolute Gasteiger partial charge is 0.495 e. The van der Waals surface area contributed by atoms with Gasteiger partial charge in [0.1, 0.15) is 29.5 Å². The van der Waals surface area contributed by atoms with Gasteiger partial charge in [-0.1, -0.05) is 30.3 Å². The Bertz CT molecular complexity index is 959. The zero-order valence-electron chi connectivity index (χ0n) is 16.4. The van der Waals surface area contributed by atoms with Crippen molar-refractivity contribution in [3.05, 3.63) is 72.3 Å².